The Morgan fingerprint density at radius 1 is 1.35 bits per heavy atom. The molecule has 0 aliphatic heterocycles. The summed E-state index contributed by atoms with van der Waals surface area (Å²) in [7, 11) is 0. The van der Waals surface area contributed by atoms with E-state index in [9.17, 15) is 0 Å². The molecule has 0 atom stereocenters. The van der Waals surface area contributed by atoms with Crippen molar-refractivity contribution in [2.45, 2.75) is 13.8 Å². The van der Waals surface area contributed by atoms with Gasteiger partial charge in [0.1, 0.15) is 0 Å². The van der Waals surface area contributed by atoms with Crippen LogP contribution < -0.4 is 5.32 Å². The zero-order chi connectivity index (χ0) is 12.3. The van der Waals surface area contributed by atoms with Gasteiger partial charge in [0.2, 0.25) is 11.2 Å². The standard InChI is InChI=1S/C10H13ClN6/c1-7(2)6-12-9-14-8(11)15-10(16-9)17-5-3-4-13-17/h3-5,7H,6H2,1-2H3,(H,12,14,15,16). The number of rotatable bonds is 4. The summed E-state index contributed by atoms with van der Waals surface area (Å²) in [4.78, 5) is 12.2. The fourth-order valence-electron chi connectivity index (χ4n) is 1.20. The lowest BCUT2D eigenvalue weighted by molar-refractivity contribution is 0.682. The van der Waals surface area contributed by atoms with Crippen molar-refractivity contribution in [3.05, 3.63) is 23.7 Å². The van der Waals surface area contributed by atoms with E-state index in [0.717, 1.165) is 6.54 Å². The van der Waals surface area contributed by atoms with Crippen LogP contribution in [0.3, 0.4) is 0 Å². The lowest BCUT2D eigenvalue weighted by Gasteiger charge is -2.08. The lowest BCUT2D eigenvalue weighted by Crippen LogP contribution is -2.13. The summed E-state index contributed by atoms with van der Waals surface area (Å²) in [6, 6.07) is 1.79. The van der Waals surface area contributed by atoms with Crippen molar-refractivity contribution in [1.29, 1.82) is 0 Å². The first kappa shape index (κ1) is 11.8. The van der Waals surface area contributed by atoms with Gasteiger partial charge in [0, 0.05) is 18.9 Å². The van der Waals surface area contributed by atoms with E-state index in [1.54, 1.807) is 18.5 Å². The van der Waals surface area contributed by atoms with Gasteiger partial charge >= 0.3 is 0 Å². The highest BCUT2D eigenvalue weighted by Gasteiger charge is 2.07. The second-order valence-corrected chi connectivity index (χ2v) is 4.29. The van der Waals surface area contributed by atoms with Crippen LogP contribution >= 0.6 is 11.6 Å². The topological polar surface area (TPSA) is 68.5 Å². The van der Waals surface area contributed by atoms with E-state index in [4.69, 9.17) is 11.6 Å². The molecule has 0 saturated carbocycles. The van der Waals surface area contributed by atoms with E-state index < -0.39 is 0 Å². The minimum atomic E-state index is 0.150. The molecule has 90 valence electrons. The largest absolute Gasteiger partial charge is 0.354 e. The van der Waals surface area contributed by atoms with Crippen LogP contribution in [0, 0.1) is 5.92 Å². The van der Waals surface area contributed by atoms with Gasteiger partial charge in [-0.25, -0.2) is 4.68 Å². The van der Waals surface area contributed by atoms with E-state index >= 15 is 0 Å². The van der Waals surface area contributed by atoms with Crippen molar-refractivity contribution in [1.82, 2.24) is 24.7 Å². The lowest BCUT2D eigenvalue weighted by atomic mass is 10.2. The van der Waals surface area contributed by atoms with E-state index in [-0.39, 0.29) is 5.28 Å². The Morgan fingerprint density at radius 2 is 2.18 bits per heavy atom. The molecule has 0 fully saturated rings. The number of hydrogen-bond acceptors (Lipinski definition) is 5. The van der Waals surface area contributed by atoms with E-state index in [1.165, 1.54) is 4.68 Å². The van der Waals surface area contributed by atoms with Crippen LogP contribution in [0.25, 0.3) is 5.95 Å². The van der Waals surface area contributed by atoms with Crippen LogP contribution in [0.4, 0.5) is 5.95 Å². The average Bonchev–Trinajstić information content (AvgIpc) is 2.79. The minimum absolute atomic E-state index is 0.150. The van der Waals surface area contributed by atoms with Gasteiger partial charge < -0.3 is 5.32 Å². The molecule has 0 aliphatic rings. The maximum Gasteiger partial charge on any atom is 0.256 e. The van der Waals surface area contributed by atoms with Crippen LogP contribution in [-0.4, -0.2) is 31.3 Å². The van der Waals surface area contributed by atoms with Gasteiger partial charge in [-0.15, -0.1) is 0 Å². The van der Waals surface area contributed by atoms with Gasteiger partial charge in [0.05, 0.1) is 0 Å². The predicted molar refractivity (Wildman–Crippen MR) is 65.3 cm³/mol. The molecule has 0 amide bonds. The second-order valence-electron chi connectivity index (χ2n) is 3.95. The molecule has 0 spiro atoms. The van der Waals surface area contributed by atoms with E-state index in [0.29, 0.717) is 17.8 Å². The minimum Gasteiger partial charge on any atom is -0.354 e. The second kappa shape index (κ2) is 5.09. The Hall–Kier alpha value is -1.69. The van der Waals surface area contributed by atoms with Gasteiger partial charge in [0.15, 0.2) is 0 Å². The smallest absolute Gasteiger partial charge is 0.256 e. The number of nitrogens with one attached hydrogen (secondary N) is 1. The summed E-state index contributed by atoms with van der Waals surface area (Å²) < 4.78 is 1.54. The van der Waals surface area contributed by atoms with E-state index in [2.05, 4.69) is 39.2 Å². The molecule has 0 aromatic carbocycles. The molecule has 0 unspecified atom stereocenters. The summed E-state index contributed by atoms with van der Waals surface area (Å²) in [5.74, 6) is 1.36. The molecule has 0 saturated heterocycles. The number of aromatic nitrogens is 5. The predicted octanol–water partition coefficient (Wildman–Crippen LogP) is 1.78. The molecule has 6 nitrogen and oxygen atoms in total. The summed E-state index contributed by atoms with van der Waals surface area (Å²) in [5.41, 5.74) is 0. The molecule has 2 aromatic heterocycles. The molecule has 2 aromatic rings. The molecule has 1 N–H and O–H groups in total. The number of hydrogen-bond donors (Lipinski definition) is 1. The first-order valence-electron chi connectivity index (χ1n) is 5.30. The number of halogens is 1. The van der Waals surface area contributed by atoms with Crippen LogP contribution in [0.15, 0.2) is 18.5 Å². The van der Waals surface area contributed by atoms with Crippen molar-refractivity contribution in [2.75, 3.05) is 11.9 Å². The first-order valence-corrected chi connectivity index (χ1v) is 5.68. The third-order valence-corrected chi connectivity index (χ3v) is 2.14. The van der Waals surface area contributed by atoms with Crippen LogP contribution in [0.2, 0.25) is 5.28 Å². The zero-order valence-corrected chi connectivity index (χ0v) is 10.4. The average molecular weight is 253 g/mol. The Kier molecular flexibility index (Phi) is 3.53. The highest BCUT2D eigenvalue weighted by molar-refractivity contribution is 6.28. The Bertz CT molecular complexity index is 482. The zero-order valence-electron chi connectivity index (χ0n) is 9.63. The molecule has 17 heavy (non-hydrogen) atoms. The van der Waals surface area contributed by atoms with Gasteiger partial charge in [-0.3, -0.25) is 0 Å². The van der Waals surface area contributed by atoms with Crippen molar-refractivity contribution < 1.29 is 0 Å². The third kappa shape index (κ3) is 3.13. The van der Waals surface area contributed by atoms with E-state index in [1.807, 2.05) is 0 Å². The Balaban J connectivity index is 2.24. The number of anilines is 1. The van der Waals surface area contributed by atoms with Crippen LogP contribution in [-0.2, 0) is 0 Å². The summed E-state index contributed by atoms with van der Waals surface area (Å²) in [6.45, 7) is 4.98. The Labute approximate surface area is 104 Å². The summed E-state index contributed by atoms with van der Waals surface area (Å²) >= 11 is 5.84. The maximum absolute atomic E-state index is 5.84. The molecular formula is C10H13ClN6. The molecule has 2 rings (SSSR count). The SMILES string of the molecule is CC(C)CNc1nc(Cl)nc(-n2cccn2)n1. The quantitative estimate of drug-likeness (QED) is 0.898. The Morgan fingerprint density at radius 3 is 2.82 bits per heavy atom. The fourth-order valence-corrected chi connectivity index (χ4v) is 1.36. The molecule has 0 aliphatic carbocycles. The van der Waals surface area contributed by atoms with Gasteiger partial charge in [-0.1, -0.05) is 13.8 Å². The van der Waals surface area contributed by atoms with Gasteiger partial charge in [0.25, 0.3) is 5.95 Å². The monoisotopic (exact) mass is 252 g/mol. The van der Waals surface area contributed by atoms with Crippen molar-refractivity contribution in [2.24, 2.45) is 5.92 Å². The molecule has 7 heteroatoms. The molecule has 0 bridgehead atoms. The highest BCUT2D eigenvalue weighted by Crippen LogP contribution is 2.09. The number of nitrogens with zero attached hydrogens (tertiary/aromatic N) is 5. The van der Waals surface area contributed by atoms with Crippen molar-refractivity contribution >= 4 is 17.5 Å². The van der Waals surface area contributed by atoms with Crippen LogP contribution in [0.5, 0.6) is 0 Å². The van der Waals surface area contributed by atoms with Gasteiger partial charge in [-0.05, 0) is 23.6 Å². The van der Waals surface area contributed by atoms with Crippen LogP contribution in [0.1, 0.15) is 13.8 Å². The fraction of sp³-hybridized carbons (Fsp3) is 0.400. The van der Waals surface area contributed by atoms with Crippen molar-refractivity contribution in [3.63, 3.8) is 0 Å². The molecular weight excluding hydrogens is 240 g/mol. The molecule has 2 heterocycles. The summed E-state index contributed by atoms with van der Waals surface area (Å²) in [5, 5.41) is 7.29. The molecule has 0 radical (unpaired) electrons. The normalized spacial score (nSPS) is 10.8. The first-order chi connectivity index (χ1) is 8.15. The summed E-state index contributed by atoms with van der Waals surface area (Å²) in [6.07, 6.45) is 3.40. The van der Waals surface area contributed by atoms with Crippen molar-refractivity contribution in [3.8, 4) is 5.95 Å². The maximum atomic E-state index is 5.84. The third-order valence-electron chi connectivity index (χ3n) is 1.97. The van der Waals surface area contributed by atoms with Gasteiger partial charge in [-0.2, -0.15) is 20.1 Å². The highest BCUT2D eigenvalue weighted by atomic mass is 35.5.